The number of ether oxygens (including phenoxy) is 2. The van der Waals surface area contributed by atoms with Crippen LogP contribution in [0.4, 0.5) is 0 Å². The van der Waals surface area contributed by atoms with Gasteiger partial charge in [-0.2, -0.15) is 0 Å². The highest BCUT2D eigenvalue weighted by Crippen LogP contribution is 2.56. The van der Waals surface area contributed by atoms with Crippen LogP contribution in [0, 0.1) is 0 Å². The van der Waals surface area contributed by atoms with Crippen LogP contribution < -0.4 is 24.6 Å². The number of carbonyl (C=O) groups excluding carboxylic acids is 2. The molecule has 0 bridgehead atoms. The maximum atomic E-state index is 15.2. The van der Waals surface area contributed by atoms with Gasteiger partial charge in [-0.05, 0) is 60.0 Å². The molecule has 0 amide bonds. The van der Waals surface area contributed by atoms with Crippen molar-refractivity contribution in [1.29, 1.82) is 0 Å². The Morgan fingerprint density at radius 2 is 1.21 bits per heavy atom. The van der Waals surface area contributed by atoms with Crippen LogP contribution in [0.2, 0.25) is 0 Å². The molecule has 1 atom stereocenters. The van der Waals surface area contributed by atoms with Crippen molar-refractivity contribution < 1.29 is 28.2 Å². The van der Waals surface area contributed by atoms with E-state index in [0.717, 1.165) is 27.5 Å². The topological polar surface area (TPSA) is 78.9 Å². The van der Waals surface area contributed by atoms with E-state index in [1.807, 2.05) is 66.7 Å². The molecule has 5 aromatic rings. The Kier molecular flexibility index (Phi) is 7.09. The highest BCUT2D eigenvalue weighted by molar-refractivity contribution is 7.75. The van der Waals surface area contributed by atoms with Crippen molar-refractivity contribution in [1.82, 2.24) is 0 Å². The molecule has 0 aromatic heterocycles. The Balaban J connectivity index is 1.67. The van der Waals surface area contributed by atoms with Gasteiger partial charge in [0.15, 0.2) is 0 Å². The van der Waals surface area contributed by atoms with Gasteiger partial charge in [-0.25, -0.2) is 9.59 Å². The van der Waals surface area contributed by atoms with Gasteiger partial charge in [0, 0.05) is 22.3 Å². The number of rotatable bonds is 6. The largest absolute Gasteiger partial charge is 0.436 e. The molecule has 0 radical (unpaired) electrons. The summed E-state index contributed by atoms with van der Waals surface area (Å²) in [5.74, 6) is -0.824. The smallest absolute Gasteiger partial charge is 0.338 e. The SMILES string of the molecule is C=C(C)C(=O)Oc1cc(P2(=O)Oc3ccccc3-c3ccccc32)c(OC(=O)C(=C)C)cc1-c1cccc2ccccc12. The van der Waals surface area contributed by atoms with E-state index in [-0.39, 0.29) is 27.9 Å². The fourth-order valence-corrected chi connectivity index (χ4v) is 7.46. The summed E-state index contributed by atoms with van der Waals surface area (Å²) in [5, 5.41) is 2.33. The zero-order valence-electron chi connectivity index (χ0n) is 23.6. The highest BCUT2D eigenvalue weighted by Gasteiger charge is 2.41. The number of fused-ring (bicyclic) bond motifs is 4. The molecule has 0 saturated heterocycles. The van der Waals surface area contributed by atoms with E-state index >= 15 is 4.57 Å². The lowest BCUT2D eigenvalue weighted by Gasteiger charge is -2.30. The van der Waals surface area contributed by atoms with E-state index in [1.165, 1.54) is 13.0 Å². The van der Waals surface area contributed by atoms with Gasteiger partial charge in [-0.15, -0.1) is 0 Å². The molecule has 0 N–H and O–H groups in total. The number of esters is 2. The molecule has 0 fully saturated rings. The fourth-order valence-electron chi connectivity index (χ4n) is 5.08. The van der Waals surface area contributed by atoms with Gasteiger partial charge in [-0.3, -0.25) is 4.57 Å². The molecule has 212 valence electrons. The predicted octanol–water partition coefficient (Wildman–Crippen LogP) is 7.76. The van der Waals surface area contributed by atoms with Crippen molar-refractivity contribution in [3.63, 3.8) is 0 Å². The van der Waals surface area contributed by atoms with Crippen LogP contribution in [0.25, 0.3) is 33.0 Å². The van der Waals surface area contributed by atoms with Crippen LogP contribution in [-0.2, 0) is 14.2 Å². The summed E-state index contributed by atoms with van der Waals surface area (Å²) in [6, 6.07) is 31.1. The van der Waals surface area contributed by atoms with Crippen molar-refractivity contribution in [2.45, 2.75) is 13.8 Å². The molecule has 6 nitrogen and oxygen atoms in total. The monoisotopic (exact) mass is 586 g/mol. The first-order valence-electron chi connectivity index (χ1n) is 13.6. The van der Waals surface area contributed by atoms with E-state index in [1.54, 1.807) is 37.3 Å². The van der Waals surface area contributed by atoms with E-state index in [0.29, 0.717) is 16.6 Å². The standard InChI is InChI=1S/C36H27O6P/c1-22(2)35(37)40-31-21-34(43(39)33-19-10-8-16-28(33)27-15-7-9-18-30(27)42-43)32(41-36(38)23(3)4)20-29(31)26-17-11-13-24-12-5-6-14-25(24)26/h5-21H,1,3H2,2,4H3. The van der Waals surface area contributed by atoms with Crippen molar-refractivity contribution in [2.24, 2.45) is 0 Å². The Morgan fingerprint density at radius 3 is 1.95 bits per heavy atom. The average Bonchev–Trinajstić information content (AvgIpc) is 3.01. The predicted molar refractivity (Wildman–Crippen MR) is 170 cm³/mol. The summed E-state index contributed by atoms with van der Waals surface area (Å²) in [6.07, 6.45) is 0. The maximum absolute atomic E-state index is 15.2. The lowest BCUT2D eigenvalue weighted by molar-refractivity contribution is -0.131. The summed E-state index contributed by atoms with van der Waals surface area (Å²) in [6.45, 7) is 10.5. The lowest BCUT2D eigenvalue weighted by atomic mass is 9.97. The van der Waals surface area contributed by atoms with Gasteiger partial charge in [0.2, 0.25) is 0 Å². The first-order valence-corrected chi connectivity index (χ1v) is 15.2. The quantitative estimate of drug-likeness (QED) is 0.0876. The second kappa shape index (κ2) is 10.9. The van der Waals surface area contributed by atoms with Crippen molar-refractivity contribution >= 4 is 40.7 Å². The molecule has 1 aliphatic heterocycles. The molecular weight excluding hydrogens is 559 g/mol. The fraction of sp³-hybridized carbons (Fsp3) is 0.0556. The van der Waals surface area contributed by atoms with Crippen LogP contribution in [0.5, 0.6) is 17.2 Å². The highest BCUT2D eigenvalue weighted by atomic mass is 31.2. The first-order chi connectivity index (χ1) is 20.7. The van der Waals surface area contributed by atoms with Gasteiger partial charge in [0.25, 0.3) is 0 Å². The summed E-state index contributed by atoms with van der Waals surface area (Å²) in [7, 11) is -3.99. The Bertz CT molecular complexity index is 2030. The van der Waals surface area contributed by atoms with E-state index in [2.05, 4.69) is 13.2 Å². The number of hydrogen-bond donors (Lipinski definition) is 0. The van der Waals surface area contributed by atoms with Crippen LogP contribution in [0.1, 0.15) is 13.8 Å². The third-order valence-corrected chi connectivity index (χ3v) is 9.65. The molecule has 0 aliphatic carbocycles. The first kappa shape index (κ1) is 28.0. The Labute approximate surface area is 249 Å². The van der Waals surface area contributed by atoms with E-state index in [4.69, 9.17) is 14.0 Å². The zero-order valence-corrected chi connectivity index (χ0v) is 24.5. The van der Waals surface area contributed by atoms with Gasteiger partial charge >= 0.3 is 19.3 Å². The molecule has 0 saturated carbocycles. The third-order valence-electron chi connectivity index (χ3n) is 7.19. The van der Waals surface area contributed by atoms with Gasteiger partial charge in [0.1, 0.15) is 17.2 Å². The minimum atomic E-state index is -3.99. The van der Waals surface area contributed by atoms with Crippen LogP contribution in [0.3, 0.4) is 0 Å². The molecule has 43 heavy (non-hydrogen) atoms. The minimum absolute atomic E-state index is 0.00331. The zero-order chi connectivity index (χ0) is 30.3. The summed E-state index contributed by atoms with van der Waals surface area (Å²) < 4.78 is 33.3. The summed E-state index contributed by atoms with van der Waals surface area (Å²) in [4.78, 5) is 25.9. The van der Waals surface area contributed by atoms with Gasteiger partial charge < -0.3 is 14.0 Å². The third kappa shape index (κ3) is 4.96. The molecule has 7 heteroatoms. The minimum Gasteiger partial charge on any atom is -0.436 e. The van der Waals surface area contributed by atoms with Gasteiger partial charge in [-0.1, -0.05) is 92.0 Å². The summed E-state index contributed by atoms with van der Waals surface area (Å²) >= 11 is 0. The number of benzene rings is 5. The second-order valence-corrected chi connectivity index (χ2v) is 12.6. The molecule has 0 spiro atoms. The number of hydrogen-bond acceptors (Lipinski definition) is 6. The molecule has 6 rings (SSSR count). The van der Waals surface area contributed by atoms with Crippen LogP contribution in [0.15, 0.2) is 127 Å². The lowest BCUT2D eigenvalue weighted by Crippen LogP contribution is -2.28. The normalized spacial score (nSPS) is 15.0. The molecule has 1 aliphatic rings. The van der Waals surface area contributed by atoms with E-state index < -0.39 is 19.3 Å². The number of para-hydroxylation sites is 1. The molecule has 1 unspecified atom stereocenters. The Hall–Kier alpha value is -5.19. The number of carbonyl (C=O) groups is 2. The van der Waals surface area contributed by atoms with E-state index in [9.17, 15) is 9.59 Å². The summed E-state index contributed by atoms with van der Waals surface area (Å²) in [5.41, 5.74) is 3.02. The van der Waals surface area contributed by atoms with Crippen molar-refractivity contribution in [3.05, 3.63) is 127 Å². The van der Waals surface area contributed by atoms with Crippen molar-refractivity contribution in [3.8, 4) is 39.5 Å². The second-order valence-electron chi connectivity index (χ2n) is 10.3. The van der Waals surface area contributed by atoms with Crippen LogP contribution in [-0.4, -0.2) is 11.9 Å². The molecular formula is C36H27O6P. The molecule has 1 heterocycles. The Morgan fingerprint density at radius 1 is 0.628 bits per heavy atom. The molecule has 5 aromatic carbocycles. The van der Waals surface area contributed by atoms with Gasteiger partial charge in [0.05, 0.1) is 10.6 Å². The average molecular weight is 587 g/mol. The van der Waals surface area contributed by atoms with Crippen molar-refractivity contribution in [2.75, 3.05) is 0 Å². The van der Waals surface area contributed by atoms with Crippen LogP contribution >= 0.6 is 7.37 Å². The maximum Gasteiger partial charge on any atom is 0.338 e.